The Kier molecular flexibility index (Phi) is 6.95. The number of halogens is 1. The Balaban J connectivity index is 0.00000220. The summed E-state index contributed by atoms with van der Waals surface area (Å²) in [6, 6.07) is 0. The van der Waals surface area contributed by atoms with Gasteiger partial charge in [-0.2, -0.15) is 0 Å². The Bertz CT molecular complexity index is 339. The maximum absolute atomic E-state index is 12.4. The monoisotopic (exact) mass is 318 g/mol. The molecule has 124 valence electrons. The van der Waals surface area contributed by atoms with E-state index in [0.29, 0.717) is 12.0 Å². The van der Waals surface area contributed by atoms with Crippen molar-refractivity contribution < 1.29 is 9.90 Å². The fourth-order valence-electron chi connectivity index (χ4n) is 3.77. The molecule has 1 atom stereocenters. The molecule has 1 aliphatic heterocycles. The minimum Gasteiger partial charge on any atom is -0.396 e. The van der Waals surface area contributed by atoms with Crippen LogP contribution in [0, 0.1) is 16.7 Å². The molecule has 2 fully saturated rings. The second-order valence-corrected chi connectivity index (χ2v) is 6.77. The van der Waals surface area contributed by atoms with E-state index in [4.69, 9.17) is 0 Å². The molecule has 0 bridgehead atoms. The standard InChI is InChI=1S/C16H30N2O2.ClH/c1-3-15(4-2,7-10-19)12-18-14(20)13-11-16(13)5-8-17-9-6-16;/h13,17,19H,3-12H2,1-2H3,(H,18,20);1H. The number of rotatable bonds is 7. The minimum absolute atomic E-state index is 0. The lowest BCUT2D eigenvalue weighted by atomic mass is 9.79. The van der Waals surface area contributed by atoms with E-state index in [9.17, 15) is 9.90 Å². The molecular formula is C16H31ClN2O2. The van der Waals surface area contributed by atoms with Crippen LogP contribution in [0.3, 0.4) is 0 Å². The molecule has 1 saturated carbocycles. The number of aliphatic hydroxyl groups excluding tert-OH is 1. The van der Waals surface area contributed by atoms with E-state index in [-0.39, 0.29) is 36.3 Å². The molecule has 0 aromatic carbocycles. The van der Waals surface area contributed by atoms with Gasteiger partial charge >= 0.3 is 0 Å². The van der Waals surface area contributed by atoms with Crippen molar-refractivity contribution in [3.05, 3.63) is 0 Å². The quantitative estimate of drug-likeness (QED) is 0.673. The van der Waals surface area contributed by atoms with Crippen LogP contribution in [-0.4, -0.2) is 37.3 Å². The molecule has 1 spiro atoms. The fourth-order valence-corrected chi connectivity index (χ4v) is 3.77. The Morgan fingerprint density at radius 3 is 2.48 bits per heavy atom. The van der Waals surface area contributed by atoms with Crippen molar-refractivity contribution in [2.24, 2.45) is 16.7 Å². The van der Waals surface area contributed by atoms with Gasteiger partial charge in [-0.05, 0) is 62.4 Å². The van der Waals surface area contributed by atoms with Gasteiger partial charge in [0.15, 0.2) is 0 Å². The molecule has 0 aromatic rings. The Morgan fingerprint density at radius 1 is 1.33 bits per heavy atom. The molecule has 1 saturated heterocycles. The van der Waals surface area contributed by atoms with E-state index < -0.39 is 0 Å². The van der Waals surface area contributed by atoms with Gasteiger partial charge in [-0.1, -0.05) is 13.8 Å². The summed E-state index contributed by atoms with van der Waals surface area (Å²) in [7, 11) is 0. The molecule has 3 N–H and O–H groups in total. The van der Waals surface area contributed by atoms with Crippen LogP contribution in [0.1, 0.15) is 52.4 Å². The van der Waals surface area contributed by atoms with Crippen molar-refractivity contribution in [1.29, 1.82) is 0 Å². The van der Waals surface area contributed by atoms with Crippen molar-refractivity contribution in [3.63, 3.8) is 0 Å². The Labute approximate surface area is 134 Å². The molecule has 0 radical (unpaired) electrons. The number of hydrogen-bond acceptors (Lipinski definition) is 3. The third-order valence-electron chi connectivity index (χ3n) is 5.89. The SMILES string of the molecule is CCC(CC)(CCO)CNC(=O)C1CC12CCNCC2.Cl. The second kappa shape index (κ2) is 7.80. The number of piperidine rings is 1. The van der Waals surface area contributed by atoms with Crippen molar-refractivity contribution in [1.82, 2.24) is 10.6 Å². The molecule has 4 nitrogen and oxygen atoms in total. The van der Waals surface area contributed by atoms with E-state index in [0.717, 1.165) is 51.6 Å². The van der Waals surface area contributed by atoms with Gasteiger partial charge in [-0.3, -0.25) is 4.79 Å². The molecule has 2 aliphatic rings. The van der Waals surface area contributed by atoms with Crippen LogP contribution in [0.25, 0.3) is 0 Å². The van der Waals surface area contributed by atoms with Crippen LogP contribution in [0.15, 0.2) is 0 Å². The summed E-state index contributed by atoms with van der Waals surface area (Å²) in [5, 5.41) is 15.8. The highest BCUT2D eigenvalue weighted by molar-refractivity contribution is 5.85. The first-order valence-corrected chi connectivity index (χ1v) is 8.21. The number of nitrogens with one attached hydrogen (secondary N) is 2. The summed E-state index contributed by atoms with van der Waals surface area (Å²) in [4.78, 5) is 12.4. The van der Waals surface area contributed by atoms with Crippen molar-refractivity contribution >= 4 is 18.3 Å². The summed E-state index contributed by atoms with van der Waals surface area (Å²) < 4.78 is 0. The van der Waals surface area contributed by atoms with Gasteiger partial charge in [-0.25, -0.2) is 0 Å². The van der Waals surface area contributed by atoms with Crippen molar-refractivity contribution in [2.45, 2.75) is 52.4 Å². The maximum Gasteiger partial charge on any atom is 0.223 e. The fraction of sp³-hybridized carbons (Fsp3) is 0.938. The van der Waals surface area contributed by atoms with Gasteiger partial charge in [-0.15, -0.1) is 12.4 Å². The summed E-state index contributed by atoms with van der Waals surface area (Å²) in [6.07, 6.45) is 6.16. The van der Waals surface area contributed by atoms with Gasteiger partial charge in [0, 0.05) is 19.1 Å². The highest BCUT2D eigenvalue weighted by Crippen LogP contribution is 2.58. The summed E-state index contributed by atoms with van der Waals surface area (Å²) >= 11 is 0. The Hall–Kier alpha value is -0.320. The average molecular weight is 319 g/mol. The molecule has 0 aromatic heterocycles. The lowest BCUT2D eigenvalue weighted by Gasteiger charge is -2.31. The first-order chi connectivity index (χ1) is 9.61. The van der Waals surface area contributed by atoms with E-state index in [1.165, 1.54) is 0 Å². The van der Waals surface area contributed by atoms with Gasteiger partial charge in [0.05, 0.1) is 0 Å². The van der Waals surface area contributed by atoms with Gasteiger partial charge in [0.1, 0.15) is 0 Å². The largest absolute Gasteiger partial charge is 0.396 e. The Morgan fingerprint density at radius 2 is 1.95 bits per heavy atom. The maximum atomic E-state index is 12.4. The minimum atomic E-state index is 0. The molecule has 5 heteroatoms. The summed E-state index contributed by atoms with van der Waals surface area (Å²) in [5.41, 5.74) is 0.383. The lowest BCUT2D eigenvalue weighted by Crippen LogP contribution is -2.40. The number of carbonyl (C=O) groups is 1. The molecule has 2 rings (SSSR count). The van der Waals surface area contributed by atoms with Crippen molar-refractivity contribution in [2.75, 3.05) is 26.2 Å². The number of amides is 1. The smallest absolute Gasteiger partial charge is 0.223 e. The average Bonchev–Trinajstić information content (AvgIpc) is 3.17. The topological polar surface area (TPSA) is 61.4 Å². The molecule has 1 unspecified atom stereocenters. The van der Waals surface area contributed by atoms with E-state index in [2.05, 4.69) is 24.5 Å². The number of aliphatic hydroxyl groups is 1. The molecular weight excluding hydrogens is 288 g/mol. The number of hydrogen-bond donors (Lipinski definition) is 3. The van der Waals surface area contributed by atoms with E-state index in [1.54, 1.807) is 0 Å². The second-order valence-electron chi connectivity index (χ2n) is 6.77. The van der Waals surface area contributed by atoms with Gasteiger partial charge < -0.3 is 15.7 Å². The highest BCUT2D eigenvalue weighted by atomic mass is 35.5. The summed E-state index contributed by atoms with van der Waals surface area (Å²) in [5.74, 6) is 0.487. The zero-order chi connectivity index (χ0) is 14.6. The lowest BCUT2D eigenvalue weighted by molar-refractivity contribution is -0.123. The summed E-state index contributed by atoms with van der Waals surface area (Å²) in [6.45, 7) is 7.33. The molecule has 21 heavy (non-hydrogen) atoms. The predicted molar refractivity (Wildman–Crippen MR) is 87.6 cm³/mol. The normalized spacial score (nSPS) is 23.5. The van der Waals surface area contributed by atoms with E-state index in [1.807, 2.05) is 0 Å². The van der Waals surface area contributed by atoms with E-state index >= 15 is 0 Å². The van der Waals surface area contributed by atoms with Gasteiger partial charge in [0.25, 0.3) is 0 Å². The molecule has 1 heterocycles. The van der Waals surface area contributed by atoms with Crippen LogP contribution < -0.4 is 10.6 Å². The predicted octanol–water partition coefficient (Wildman–Crippen LogP) is 2.10. The highest BCUT2D eigenvalue weighted by Gasteiger charge is 2.57. The zero-order valence-corrected chi connectivity index (χ0v) is 14.2. The zero-order valence-electron chi connectivity index (χ0n) is 13.4. The van der Waals surface area contributed by atoms with Gasteiger partial charge in [0.2, 0.25) is 5.91 Å². The molecule has 1 aliphatic carbocycles. The third kappa shape index (κ3) is 4.11. The van der Waals surface area contributed by atoms with Crippen LogP contribution in [0.2, 0.25) is 0 Å². The van der Waals surface area contributed by atoms with Crippen LogP contribution in [0.4, 0.5) is 0 Å². The number of carbonyl (C=O) groups excluding carboxylic acids is 1. The van der Waals surface area contributed by atoms with Crippen molar-refractivity contribution in [3.8, 4) is 0 Å². The van der Waals surface area contributed by atoms with Crippen LogP contribution in [0.5, 0.6) is 0 Å². The molecule has 1 amide bonds. The first kappa shape index (κ1) is 18.7. The van der Waals surface area contributed by atoms with Crippen LogP contribution >= 0.6 is 12.4 Å². The first-order valence-electron chi connectivity index (χ1n) is 8.21. The van der Waals surface area contributed by atoms with Crippen LogP contribution in [-0.2, 0) is 4.79 Å². The third-order valence-corrected chi connectivity index (χ3v) is 5.89.